The van der Waals surface area contributed by atoms with E-state index >= 15 is 0 Å². The monoisotopic (exact) mass is 223 g/mol. The van der Waals surface area contributed by atoms with Crippen LogP contribution < -0.4 is 0 Å². The highest BCUT2D eigenvalue weighted by Crippen LogP contribution is 2.35. The summed E-state index contributed by atoms with van der Waals surface area (Å²) in [4.78, 5) is 13.9. The van der Waals surface area contributed by atoms with E-state index in [1.807, 2.05) is 0 Å². The van der Waals surface area contributed by atoms with E-state index in [1.165, 1.54) is 12.8 Å². The van der Waals surface area contributed by atoms with Gasteiger partial charge in [0.15, 0.2) is 0 Å². The van der Waals surface area contributed by atoms with Gasteiger partial charge in [-0.15, -0.1) is 0 Å². The van der Waals surface area contributed by atoms with Gasteiger partial charge in [-0.05, 0) is 19.9 Å². The lowest BCUT2D eigenvalue weighted by Crippen LogP contribution is -2.58. The van der Waals surface area contributed by atoms with Crippen molar-refractivity contribution in [3.05, 3.63) is 0 Å². The number of nitrogens with zero attached hydrogens (tertiary/aromatic N) is 3. The molecule has 3 fully saturated rings. The molecule has 3 saturated heterocycles. The van der Waals surface area contributed by atoms with Gasteiger partial charge in [-0.3, -0.25) is 4.79 Å². The van der Waals surface area contributed by atoms with Crippen LogP contribution in [-0.4, -0.2) is 66.0 Å². The van der Waals surface area contributed by atoms with Crippen molar-refractivity contribution < 1.29 is 4.79 Å². The predicted octanol–water partition coefficient (Wildman–Crippen LogP) is 0.345. The van der Waals surface area contributed by atoms with Crippen molar-refractivity contribution in [1.82, 2.24) is 14.9 Å². The van der Waals surface area contributed by atoms with Crippen molar-refractivity contribution in [2.75, 3.05) is 33.2 Å². The molecule has 90 valence electrons. The summed E-state index contributed by atoms with van der Waals surface area (Å²) in [5.74, 6) is 0.484. The molecular formula is C12H21N3O. The Morgan fingerprint density at radius 1 is 1.00 bits per heavy atom. The number of fused-ring (bicyclic) bond motifs is 2. The fraction of sp³-hybridized carbons (Fsp3) is 0.917. The molecule has 3 aliphatic heterocycles. The first kappa shape index (κ1) is 10.7. The molecule has 0 aromatic carbocycles. The average molecular weight is 223 g/mol. The van der Waals surface area contributed by atoms with Crippen LogP contribution >= 0.6 is 0 Å². The molecule has 2 unspecified atom stereocenters. The first-order valence-electron chi connectivity index (χ1n) is 6.47. The Kier molecular flexibility index (Phi) is 2.73. The van der Waals surface area contributed by atoms with Gasteiger partial charge in [-0.2, -0.15) is 0 Å². The summed E-state index contributed by atoms with van der Waals surface area (Å²) in [5, 5.41) is 5.06. The molecule has 3 aliphatic rings. The zero-order valence-corrected chi connectivity index (χ0v) is 10.1. The molecule has 3 heterocycles. The molecule has 0 amide bonds. The van der Waals surface area contributed by atoms with Gasteiger partial charge in [0, 0.05) is 51.1 Å². The first-order chi connectivity index (χ1) is 7.74. The minimum Gasteiger partial charge on any atom is -0.304 e. The lowest BCUT2D eigenvalue weighted by atomic mass is 10.0. The Morgan fingerprint density at radius 3 is 2.12 bits per heavy atom. The van der Waals surface area contributed by atoms with Crippen LogP contribution in [0.2, 0.25) is 0 Å². The van der Waals surface area contributed by atoms with Crippen molar-refractivity contribution in [2.45, 2.75) is 37.8 Å². The van der Waals surface area contributed by atoms with E-state index in [0.29, 0.717) is 17.9 Å². The number of piperazine rings is 1. The van der Waals surface area contributed by atoms with E-state index in [2.05, 4.69) is 22.0 Å². The number of ketones is 1. The molecule has 0 saturated carbocycles. The van der Waals surface area contributed by atoms with E-state index in [1.54, 1.807) is 0 Å². The molecule has 0 aromatic heterocycles. The van der Waals surface area contributed by atoms with Crippen LogP contribution in [0.4, 0.5) is 0 Å². The lowest BCUT2D eigenvalue weighted by Gasteiger charge is -2.45. The minimum absolute atomic E-state index is 0.484. The number of hydrogen-bond acceptors (Lipinski definition) is 4. The molecule has 0 aliphatic carbocycles. The van der Waals surface area contributed by atoms with Crippen LogP contribution in [-0.2, 0) is 4.79 Å². The second-order valence-corrected chi connectivity index (χ2v) is 5.47. The normalized spacial score (nSPS) is 38.2. The molecule has 0 aromatic rings. The van der Waals surface area contributed by atoms with E-state index < -0.39 is 0 Å². The SMILES string of the molecule is CN1CCN(N2C3CCC2CC(=O)C3)CC1. The summed E-state index contributed by atoms with van der Waals surface area (Å²) in [5.41, 5.74) is 0. The fourth-order valence-electron chi connectivity index (χ4n) is 3.44. The van der Waals surface area contributed by atoms with E-state index in [0.717, 1.165) is 39.0 Å². The van der Waals surface area contributed by atoms with Crippen LogP contribution in [0.1, 0.15) is 25.7 Å². The molecule has 0 spiro atoms. The third kappa shape index (κ3) is 1.79. The van der Waals surface area contributed by atoms with Gasteiger partial charge in [0.2, 0.25) is 0 Å². The van der Waals surface area contributed by atoms with E-state index in [9.17, 15) is 4.79 Å². The molecule has 2 bridgehead atoms. The zero-order chi connectivity index (χ0) is 11.1. The second-order valence-electron chi connectivity index (χ2n) is 5.47. The summed E-state index contributed by atoms with van der Waals surface area (Å²) < 4.78 is 0. The maximum absolute atomic E-state index is 11.6. The topological polar surface area (TPSA) is 26.8 Å². The Bertz CT molecular complexity index is 270. The smallest absolute Gasteiger partial charge is 0.136 e. The zero-order valence-electron chi connectivity index (χ0n) is 10.1. The Morgan fingerprint density at radius 2 is 1.56 bits per heavy atom. The van der Waals surface area contributed by atoms with E-state index in [4.69, 9.17) is 0 Å². The van der Waals surface area contributed by atoms with Crippen molar-refractivity contribution in [1.29, 1.82) is 0 Å². The van der Waals surface area contributed by atoms with Crippen LogP contribution in [0.15, 0.2) is 0 Å². The maximum atomic E-state index is 11.6. The number of hydrogen-bond donors (Lipinski definition) is 0. The van der Waals surface area contributed by atoms with Gasteiger partial charge < -0.3 is 4.90 Å². The fourth-order valence-corrected chi connectivity index (χ4v) is 3.44. The minimum atomic E-state index is 0.484. The standard InChI is InChI=1S/C12H21N3O/c1-13-4-6-14(7-5-13)15-10-2-3-11(15)9-12(16)8-10/h10-11H,2-9H2,1H3. The molecule has 0 N–H and O–H groups in total. The van der Waals surface area contributed by atoms with Crippen LogP contribution in [0, 0.1) is 0 Å². The molecule has 3 rings (SSSR count). The number of carbonyl (C=O) groups excluding carboxylic acids is 1. The average Bonchev–Trinajstić information content (AvgIpc) is 2.54. The van der Waals surface area contributed by atoms with Gasteiger partial charge in [-0.1, -0.05) is 0 Å². The summed E-state index contributed by atoms with van der Waals surface area (Å²) in [6.07, 6.45) is 4.04. The Hall–Kier alpha value is -0.450. The summed E-state index contributed by atoms with van der Waals surface area (Å²) in [6, 6.07) is 1.05. The quantitative estimate of drug-likeness (QED) is 0.641. The highest BCUT2D eigenvalue weighted by Gasteiger charge is 2.43. The number of piperidine rings is 1. The molecule has 4 nitrogen and oxygen atoms in total. The Labute approximate surface area is 97.1 Å². The molecule has 4 heteroatoms. The number of carbonyl (C=O) groups is 1. The third-order valence-corrected chi connectivity index (χ3v) is 4.31. The number of likely N-dealkylation sites (N-methyl/N-ethyl adjacent to an activating group) is 1. The Balaban J connectivity index is 1.69. The lowest BCUT2D eigenvalue weighted by molar-refractivity contribution is -0.139. The van der Waals surface area contributed by atoms with Crippen LogP contribution in [0.25, 0.3) is 0 Å². The molecule has 0 radical (unpaired) electrons. The molecular weight excluding hydrogens is 202 g/mol. The second kappa shape index (κ2) is 4.09. The largest absolute Gasteiger partial charge is 0.304 e. The summed E-state index contributed by atoms with van der Waals surface area (Å²) in [7, 11) is 2.19. The highest BCUT2D eigenvalue weighted by atomic mass is 16.1. The van der Waals surface area contributed by atoms with Crippen molar-refractivity contribution in [3.63, 3.8) is 0 Å². The van der Waals surface area contributed by atoms with Crippen LogP contribution in [0.5, 0.6) is 0 Å². The van der Waals surface area contributed by atoms with Crippen molar-refractivity contribution in [2.24, 2.45) is 0 Å². The molecule has 16 heavy (non-hydrogen) atoms. The van der Waals surface area contributed by atoms with Crippen molar-refractivity contribution in [3.8, 4) is 0 Å². The van der Waals surface area contributed by atoms with Gasteiger partial charge in [0.25, 0.3) is 0 Å². The number of Topliss-reactive ketones (excluding diaryl/α,β-unsaturated/α-hetero) is 1. The maximum Gasteiger partial charge on any atom is 0.136 e. The van der Waals surface area contributed by atoms with Crippen LogP contribution in [0.3, 0.4) is 0 Å². The first-order valence-corrected chi connectivity index (χ1v) is 6.47. The predicted molar refractivity (Wildman–Crippen MR) is 62.0 cm³/mol. The number of rotatable bonds is 1. The number of hydrazine groups is 1. The summed E-state index contributed by atoms with van der Waals surface area (Å²) in [6.45, 7) is 4.59. The van der Waals surface area contributed by atoms with Gasteiger partial charge in [0.05, 0.1) is 0 Å². The summed E-state index contributed by atoms with van der Waals surface area (Å²) >= 11 is 0. The van der Waals surface area contributed by atoms with Gasteiger partial charge >= 0.3 is 0 Å². The molecule has 2 atom stereocenters. The van der Waals surface area contributed by atoms with E-state index in [-0.39, 0.29) is 0 Å². The highest BCUT2D eigenvalue weighted by molar-refractivity contribution is 5.80. The van der Waals surface area contributed by atoms with Crippen molar-refractivity contribution >= 4 is 5.78 Å². The van der Waals surface area contributed by atoms with Gasteiger partial charge in [-0.25, -0.2) is 10.0 Å². The van der Waals surface area contributed by atoms with Gasteiger partial charge in [0.1, 0.15) is 5.78 Å². The third-order valence-electron chi connectivity index (χ3n) is 4.31.